The van der Waals surface area contributed by atoms with Crippen LogP contribution in [0.25, 0.3) is 0 Å². The molecule has 0 radical (unpaired) electrons. The highest BCUT2D eigenvalue weighted by atomic mass is 79.9. The Kier molecular flexibility index (Phi) is 4.78. The van der Waals surface area contributed by atoms with Gasteiger partial charge in [-0.25, -0.2) is 4.39 Å². The standard InChI is InChI=1S/C16H17BrFNO/c1-10-7-12(17)4-5-13(10)15(19)9-11-3-6-16(20-2)14(18)8-11/h3-8,15H,9,19H2,1-2H3. The van der Waals surface area contributed by atoms with Crippen molar-refractivity contribution in [2.75, 3.05) is 7.11 Å². The zero-order valence-corrected chi connectivity index (χ0v) is 13.1. The largest absolute Gasteiger partial charge is 0.494 e. The highest BCUT2D eigenvalue weighted by Crippen LogP contribution is 2.25. The lowest BCUT2D eigenvalue weighted by molar-refractivity contribution is 0.386. The van der Waals surface area contributed by atoms with E-state index in [1.807, 2.05) is 31.2 Å². The van der Waals surface area contributed by atoms with Gasteiger partial charge in [-0.15, -0.1) is 0 Å². The van der Waals surface area contributed by atoms with Crippen LogP contribution in [-0.4, -0.2) is 7.11 Å². The monoisotopic (exact) mass is 337 g/mol. The zero-order chi connectivity index (χ0) is 14.7. The summed E-state index contributed by atoms with van der Waals surface area (Å²) < 4.78 is 19.6. The molecule has 0 aliphatic carbocycles. The molecule has 0 amide bonds. The zero-order valence-electron chi connectivity index (χ0n) is 11.5. The summed E-state index contributed by atoms with van der Waals surface area (Å²) in [7, 11) is 1.45. The molecule has 0 fully saturated rings. The Morgan fingerprint density at radius 1 is 1.25 bits per heavy atom. The van der Waals surface area contributed by atoms with E-state index in [1.165, 1.54) is 13.2 Å². The van der Waals surface area contributed by atoms with Crippen molar-refractivity contribution in [1.82, 2.24) is 0 Å². The van der Waals surface area contributed by atoms with Crippen LogP contribution in [0.15, 0.2) is 40.9 Å². The normalized spacial score (nSPS) is 12.2. The van der Waals surface area contributed by atoms with Gasteiger partial charge in [0.2, 0.25) is 0 Å². The van der Waals surface area contributed by atoms with E-state index in [4.69, 9.17) is 10.5 Å². The van der Waals surface area contributed by atoms with Crippen LogP contribution in [0, 0.1) is 12.7 Å². The first-order valence-corrected chi connectivity index (χ1v) is 7.14. The van der Waals surface area contributed by atoms with Crippen molar-refractivity contribution in [3.05, 3.63) is 63.4 Å². The molecule has 0 aromatic heterocycles. The number of benzene rings is 2. The SMILES string of the molecule is COc1ccc(CC(N)c2ccc(Br)cc2C)cc1F. The van der Waals surface area contributed by atoms with Crippen LogP contribution >= 0.6 is 15.9 Å². The number of hydrogen-bond acceptors (Lipinski definition) is 2. The molecule has 0 spiro atoms. The van der Waals surface area contributed by atoms with Gasteiger partial charge in [-0.1, -0.05) is 28.1 Å². The number of nitrogens with two attached hydrogens (primary N) is 1. The van der Waals surface area contributed by atoms with Crippen LogP contribution in [0.5, 0.6) is 5.75 Å². The van der Waals surface area contributed by atoms with Gasteiger partial charge < -0.3 is 10.5 Å². The summed E-state index contributed by atoms with van der Waals surface area (Å²) in [5.74, 6) is -0.105. The van der Waals surface area contributed by atoms with Crippen molar-refractivity contribution in [3.8, 4) is 5.75 Å². The summed E-state index contributed by atoms with van der Waals surface area (Å²) >= 11 is 3.43. The van der Waals surface area contributed by atoms with Crippen molar-refractivity contribution in [3.63, 3.8) is 0 Å². The fraction of sp³-hybridized carbons (Fsp3) is 0.250. The third kappa shape index (κ3) is 3.38. The summed E-state index contributed by atoms with van der Waals surface area (Å²) in [6, 6.07) is 10.8. The van der Waals surface area contributed by atoms with E-state index < -0.39 is 0 Å². The van der Waals surface area contributed by atoms with E-state index in [0.29, 0.717) is 6.42 Å². The van der Waals surface area contributed by atoms with E-state index >= 15 is 0 Å². The van der Waals surface area contributed by atoms with Gasteiger partial charge in [0.05, 0.1) is 7.11 Å². The Labute approximate surface area is 126 Å². The molecule has 0 saturated heterocycles. The molecule has 0 bridgehead atoms. The average Bonchev–Trinajstić information content (AvgIpc) is 2.38. The summed E-state index contributed by atoms with van der Waals surface area (Å²) in [6.45, 7) is 2.02. The first-order valence-electron chi connectivity index (χ1n) is 6.35. The number of hydrogen-bond donors (Lipinski definition) is 1. The van der Waals surface area contributed by atoms with Gasteiger partial charge in [-0.05, 0) is 54.3 Å². The lowest BCUT2D eigenvalue weighted by Crippen LogP contribution is -2.14. The molecule has 2 N–H and O–H groups in total. The molecule has 2 nitrogen and oxygen atoms in total. The third-order valence-electron chi connectivity index (χ3n) is 3.30. The minimum Gasteiger partial charge on any atom is -0.494 e. The molecular weight excluding hydrogens is 321 g/mol. The number of ether oxygens (including phenoxy) is 1. The van der Waals surface area contributed by atoms with Crippen molar-refractivity contribution in [2.24, 2.45) is 5.73 Å². The Morgan fingerprint density at radius 3 is 2.60 bits per heavy atom. The van der Waals surface area contributed by atoms with Crippen molar-refractivity contribution >= 4 is 15.9 Å². The third-order valence-corrected chi connectivity index (χ3v) is 3.80. The average molecular weight is 338 g/mol. The van der Waals surface area contributed by atoms with Crippen molar-refractivity contribution in [1.29, 1.82) is 0 Å². The molecule has 0 saturated carbocycles. The fourth-order valence-corrected chi connectivity index (χ4v) is 2.73. The maximum atomic E-state index is 13.7. The maximum absolute atomic E-state index is 13.7. The molecule has 4 heteroatoms. The number of aryl methyl sites for hydroxylation is 1. The highest BCUT2D eigenvalue weighted by Gasteiger charge is 2.12. The lowest BCUT2D eigenvalue weighted by Gasteiger charge is -2.15. The Bertz CT molecular complexity index is 615. The van der Waals surface area contributed by atoms with Crippen LogP contribution in [0.4, 0.5) is 4.39 Å². The molecule has 20 heavy (non-hydrogen) atoms. The van der Waals surface area contributed by atoms with E-state index in [9.17, 15) is 4.39 Å². The van der Waals surface area contributed by atoms with Crippen LogP contribution in [0.1, 0.15) is 22.7 Å². The molecule has 1 atom stereocenters. The maximum Gasteiger partial charge on any atom is 0.165 e. The molecule has 106 valence electrons. The fourth-order valence-electron chi connectivity index (χ4n) is 2.26. The number of halogens is 2. The predicted molar refractivity (Wildman–Crippen MR) is 82.5 cm³/mol. The molecule has 0 aliphatic heterocycles. The van der Waals surface area contributed by atoms with Gasteiger partial charge in [-0.3, -0.25) is 0 Å². The van der Waals surface area contributed by atoms with Gasteiger partial charge in [0.25, 0.3) is 0 Å². The van der Waals surface area contributed by atoms with E-state index in [0.717, 1.165) is 21.2 Å². The smallest absolute Gasteiger partial charge is 0.165 e. The topological polar surface area (TPSA) is 35.2 Å². The predicted octanol–water partition coefficient (Wildman–Crippen LogP) is 4.15. The summed E-state index contributed by atoms with van der Waals surface area (Å²) in [5.41, 5.74) is 9.29. The molecule has 2 aromatic carbocycles. The second-order valence-electron chi connectivity index (χ2n) is 4.78. The minimum atomic E-state index is -0.357. The van der Waals surface area contributed by atoms with Crippen molar-refractivity contribution in [2.45, 2.75) is 19.4 Å². The van der Waals surface area contributed by atoms with Crippen LogP contribution in [-0.2, 0) is 6.42 Å². The molecule has 2 rings (SSSR count). The molecule has 2 aromatic rings. The Balaban J connectivity index is 2.18. The Morgan fingerprint density at radius 2 is 2.00 bits per heavy atom. The van der Waals surface area contributed by atoms with Gasteiger partial charge in [0.15, 0.2) is 11.6 Å². The van der Waals surface area contributed by atoms with Crippen molar-refractivity contribution < 1.29 is 9.13 Å². The van der Waals surface area contributed by atoms with Gasteiger partial charge >= 0.3 is 0 Å². The first-order chi connectivity index (χ1) is 9.51. The quantitative estimate of drug-likeness (QED) is 0.909. The van der Waals surface area contributed by atoms with E-state index in [-0.39, 0.29) is 17.6 Å². The molecule has 0 heterocycles. The Hall–Kier alpha value is -1.39. The number of methoxy groups -OCH3 is 1. The van der Waals surface area contributed by atoms with Gasteiger partial charge in [0, 0.05) is 10.5 Å². The summed E-state index contributed by atoms with van der Waals surface area (Å²) in [4.78, 5) is 0. The van der Waals surface area contributed by atoms with Crippen LogP contribution in [0.2, 0.25) is 0 Å². The second kappa shape index (κ2) is 6.37. The molecule has 1 unspecified atom stereocenters. The molecule has 0 aliphatic rings. The lowest BCUT2D eigenvalue weighted by atomic mass is 9.96. The summed E-state index contributed by atoms with van der Waals surface area (Å²) in [6.07, 6.45) is 0.587. The highest BCUT2D eigenvalue weighted by molar-refractivity contribution is 9.10. The number of rotatable bonds is 4. The van der Waals surface area contributed by atoms with Crippen LogP contribution in [0.3, 0.4) is 0 Å². The van der Waals surface area contributed by atoms with Crippen LogP contribution < -0.4 is 10.5 Å². The first kappa shape index (κ1) is 15.0. The van der Waals surface area contributed by atoms with Gasteiger partial charge in [0.1, 0.15) is 0 Å². The summed E-state index contributed by atoms with van der Waals surface area (Å²) in [5, 5.41) is 0. The second-order valence-corrected chi connectivity index (χ2v) is 5.70. The van der Waals surface area contributed by atoms with E-state index in [1.54, 1.807) is 6.07 Å². The van der Waals surface area contributed by atoms with E-state index in [2.05, 4.69) is 15.9 Å². The molecular formula is C16H17BrFNO. The minimum absolute atomic E-state index is 0.157. The van der Waals surface area contributed by atoms with Gasteiger partial charge in [-0.2, -0.15) is 0 Å².